The van der Waals surface area contributed by atoms with Gasteiger partial charge in [0.2, 0.25) is 5.88 Å². The van der Waals surface area contributed by atoms with E-state index in [2.05, 4.69) is 20.2 Å². The van der Waals surface area contributed by atoms with Gasteiger partial charge in [0.1, 0.15) is 0 Å². The lowest BCUT2D eigenvalue weighted by atomic mass is 9.98. The number of hydrogen-bond acceptors (Lipinski definition) is 5. The van der Waals surface area contributed by atoms with Crippen LogP contribution in [0.3, 0.4) is 0 Å². The van der Waals surface area contributed by atoms with Gasteiger partial charge >= 0.3 is 5.97 Å². The number of nitrogens with one attached hydrogen (secondary N) is 1. The molecule has 0 bridgehead atoms. The fourth-order valence-electron chi connectivity index (χ4n) is 2.92. The monoisotopic (exact) mass is 348 g/mol. The third kappa shape index (κ3) is 5.62. The molecule has 1 fully saturated rings. The molecule has 0 saturated carbocycles. The van der Waals surface area contributed by atoms with Gasteiger partial charge in [0.15, 0.2) is 5.96 Å². The van der Waals surface area contributed by atoms with Crippen LogP contribution in [-0.2, 0) is 16.1 Å². The highest BCUT2D eigenvalue weighted by atomic mass is 16.5. The second-order valence-corrected chi connectivity index (χ2v) is 5.87. The van der Waals surface area contributed by atoms with Gasteiger partial charge in [0, 0.05) is 38.9 Å². The van der Waals surface area contributed by atoms with E-state index in [-0.39, 0.29) is 11.9 Å². The molecular formula is C18H28N4O3. The Morgan fingerprint density at radius 3 is 3.00 bits per heavy atom. The Hall–Kier alpha value is -2.31. The highest BCUT2D eigenvalue weighted by Crippen LogP contribution is 2.18. The van der Waals surface area contributed by atoms with Crippen molar-refractivity contribution in [2.24, 2.45) is 10.9 Å². The van der Waals surface area contributed by atoms with E-state index in [0.29, 0.717) is 32.2 Å². The van der Waals surface area contributed by atoms with E-state index < -0.39 is 0 Å². The number of carbonyl (C=O) groups is 1. The third-order valence-corrected chi connectivity index (χ3v) is 4.09. The SMILES string of the molecule is CCOC(=O)C1CCCN(C(=NC)NCc2ccnc(OCC)c2)C1. The molecule has 0 aromatic carbocycles. The Labute approximate surface area is 149 Å². The van der Waals surface area contributed by atoms with Gasteiger partial charge in [0.25, 0.3) is 0 Å². The average molecular weight is 348 g/mol. The van der Waals surface area contributed by atoms with Gasteiger partial charge in [0.05, 0.1) is 19.1 Å². The average Bonchev–Trinajstić information content (AvgIpc) is 2.63. The highest BCUT2D eigenvalue weighted by molar-refractivity contribution is 5.81. The first-order valence-electron chi connectivity index (χ1n) is 8.87. The molecule has 138 valence electrons. The molecule has 0 radical (unpaired) electrons. The van der Waals surface area contributed by atoms with E-state index in [1.807, 2.05) is 26.0 Å². The normalized spacial score (nSPS) is 18.0. The standard InChI is InChI=1S/C18H28N4O3/c1-4-24-16-11-14(8-9-20-16)12-21-18(19-3)22-10-6-7-15(13-22)17(23)25-5-2/h8-9,11,15H,4-7,10,12-13H2,1-3H3,(H,19,21). The summed E-state index contributed by atoms with van der Waals surface area (Å²) in [5, 5.41) is 3.36. The smallest absolute Gasteiger partial charge is 0.310 e. The van der Waals surface area contributed by atoms with Crippen LogP contribution in [-0.4, -0.2) is 55.2 Å². The Morgan fingerprint density at radius 2 is 2.28 bits per heavy atom. The number of aromatic nitrogens is 1. The highest BCUT2D eigenvalue weighted by Gasteiger charge is 2.28. The lowest BCUT2D eigenvalue weighted by Crippen LogP contribution is -2.48. The largest absolute Gasteiger partial charge is 0.478 e. The maximum absolute atomic E-state index is 12.0. The molecule has 25 heavy (non-hydrogen) atoms. The van der Waals surface area contributed by atoms with Crippen molar-refractivity contribution >= 4 is 11.9 Å². The van der Waals surface area contributed by atoms with Gasteiger partial charge in [-0.2, -0.15) is 0 Å². The molecule has 0 spiro atoms. The number of likely N-dealkylation sites (tertiary alicyclic amines) is 1. The number of hydrogen-bond donors (Lipinski definition) is 1. The van der Waals surface area contributed by atoms with Crippen LogP contribution < -0.4 is 10.1 Å². The van der Waals surface area contributed by atoms with Crippen LogP contribution in [0.15, 0.2) is 23.3 Å². The number of piperidine rings is 1. The second kappa shape index (κ2) is 9.86. The fourth-order valence-corrected chi connectivity index (χ4v) is 2.92. The molecule has 1 atom stereocenters. The van der Waals surface area contributed by atoms with Crippen molar-refractivity contribution in [1.29, 1.82) is 0 Å². The van der Waals surface area contributed by atoms with Crippen molar-refractivity contribution in [3.05, 3.63) is 23.9 Å². The summed E-state index contributed by atoms with van der Waals surface area (Å²) in [6.45, 7) is 6.93. The van der Waals surface area contributed by atoms with Crippen molar-refractivity contribution < 1.29 is 14.3 Å². The molecule has 1 saturated heterocycles. The van der Waals surface area contributed by atoms with Crippen molar-refractivity contribution in [2.75, 3.05) is 33.4 Å². The minimum Gasteiger partial charge on any atom is -0.478 e. The van der Waals surface area contributed by atoms with E-state index in [9.17, 15) is 4.79 Å². The zero-order chi connectivity index (χ0) is 18.1. The first kappa shape index (κ1) is 19.0. The van der Waals surface area contributed by atoms with Gasteiger partial charge in [-0.25, -0.2) is 4.98 Å². The summed E-state index contributed by atoms with van der Waals surface area (Å²) >= 11 is 0. The molecule has 0 amide bonds. The molecule has 0 aliphatic carbocycles. The van der Waals surface area contributed by atoms with Crippen molar-refractivity contribution in [3.8, 4) is 5.88 Å². The molecule has 1 aliphatic heterocycles. The lowest BCUT2D eigenvalue weighted by molar-refractivity contribution is -0.149. The summed E-state index contributed by atoms with van der Waals surface area (Å²) in [5.74, 6) is 1.22. The van der Waals surface area contributed by atoms with Crippen LogP contribution in [0.4, 0.5) is 0 Å². The van der Waals surface area contributed by atoms with E-state index in [1.165, 1.54) is 0 Å². The maximum Gasteiger partial charge on any atom is 0.310 e. The van der Waals surface area contributed by atoms with Crippen molar-refractivity contribution in [1.82, 2.24) is 15.2 Å². The molecule has 1 N–H and O–H groups in total. The second-order valence-electron chi connectivity index (χ2n) is 5.87. The Balaban J connectivity index is 1.93. The van der Waals surface area contributed by atoms with E-state index in [1.54, 1.807) is 13.2 Å². The zero-order valence-electron chi connectivity index (χ0n) is 15.3. The lowest BCUT2D eigenvalue weighted by Gasteiger charge is -2.34. The maximum atomic E-state index is 12.0. The summed E-state index contributed by atoms with van der Waals surface area (Å²) in [7, 11) is 1.76. The third-order valence-electron chi connectivity index (χ3n) is 4.09. The number of esters is 1. The summed E-state index contributed by atoms with van der Waals surface area (Å²) in [5.41, 5.74) is 1.07. The quantitative estimate of drug-likeness (QED) is 0.480. The number of pyridine rings is 1. The Morgan fingerprint density at radius 1 is 1.44 bits per heavy atom. The van der Waals surface area contributed by atoms with Gasteiger partial charge in [-0.3, -0.25) is 9.79 Å². The van der Waals surface area contributed by atoms with Gasteiger partial charge in [-0.15, -0.1) is 0 Å². The number of nitrogens with zero attached hydrogens (tertiary/aromatic N) is 3. The topological polar surface area (TPSA) is 76.0 Å². The molecule has 2 rings (SSSR count). The summed E-state index contributed by atoms with van der Waals surface area (Å²) in [6, 6.07) is 3.86. The first-order chi connectivity index (χ1) is 12.2. The van der Waals surface area contributed by atoms with Crippen molar-refractivity contribution in [3.63, 3.8) is 0 Å². The summed E-state index contributed by atoms with van der Waals surface area (Å²) in [4.78, 5) is 22.7. The van der Waals surface area contributed by atoms with Crippen LogP contribution >= 0.6 is 0 Å². The predicted octanol–water partition coefficient (Wildman–Crippen LogP) is 1.83. The molecule has 2 heterocycles. The Kier molecular flexibility index (Phi) is 7.50. The van der Waals surface area contributed by atoms with Crippen LogP contribution in [0.25, 0.3) is 0 Å². The summed E-state index contributed by atoms with van der Waals surface area (Å²) in [6.07, 6.45) is 3.56. The zero-order valence-corrected chi connectivity index (χ0v) is 15.3. The molecule has 7 heteroatoms. The van der Waals surface area contributed by atoms with E-state index in [0.717, 1.165) is 30.9 Å². The minimum absolute atomic E-state index is 0.0854. The molecule has 1 unspecified atom stereocenters. The molecule has 7 nitrogen and oxygen atoms in total. The first-order valence-corrected chi connectivity index (χ1v) is 8.87. The number of rotatable bonds is 6. The van der Waals surface area contributed by atoms with E-state index in [4.69, 9.17) is 9.47 Å². The summed E-state index contributed by atoms with van der Waals surface area (Å²) < 4.78 is 10.6. The molecule has 1 aliphatic rings. The van der Waals surface area contributed by atoms with Gasteiger partial charge in [-0.05, 0) is 38.3 Å². The number of ether oxygens (including phenoxy) is 2. The molecular weight excluding hydrogens is 320 g/mol. The van der Waals surface area contributed by atoms with Crippen molar-refractivity contribution in [2.45, 2.75) is 33.2 Å². The molecule has 1 aromatic rings. The number of carbonyl (C=O) groups excluding carboxylic acids is 1. The van der Waals surface area contributed by atoms with Crippen LogP contribution in [0.5, 0.6) is 5.88 Å². The Bertz CT molecular complexity index is 591. The van der Waals surface area contributed by atoms with Gasteiger partial charge in [-0.1, -0.05) is 0 Å². The number of aliphatic imine (C=N–C) groups is 1. The van der Waals surface area contributed by atoms with E-state index >= 15 is 0 Å². The van der Waals surface area contributed by atoms with Crippen LogP contribution in [0.1, 0.15) is 32.3 Å². The van der Waals surface area contributed by atoms with Crippen LogP contribution in [0.2, 0.25) is 0 Å². The van der Waals surface area contributed by atoms with Gasteiger partial charge < -0.3 is 19.7 Å². The predicted molar refractivity (Wildman–Crippen MR) is 96.5 cm³/mol. The minimum atomic E-state index is -0.113. The van der Waals surface area contributed by atoms with Crippen LogP contribution in [0, 0.1) is 5.92 Å². The molecule has 1 aromatic heterocycles. The number of guanidine groups is 1. The fraction of sp³-hybridized carbons (Fsp3) is 0.611.